The number of benzene rings is 1. The number of halogens is 1. The molecule has 0 aliphatic heterocycles. The van der Waals surface area contributed by atoms with E-state index in [1.165, 1.54) is 33.7 Å². The van der Waals surface area contributed by atoms with Crippen molar-refractivity contribution in [1.82, 2.24) is 0 Å². The molecule has 0 N–H and O–H groups in total. The Hall–Kier alpha value is -0.491. The summed E-state index contributed by atoms with van der Waals surface area (Å²) in [5.41, 5.74) is 1.33. The third-order valence-corrected chi connectivity index (χ3v) is 5.77. The normalized spacial score (nSPS) is 10.6. The fourth-order valence-corrected chi connectivity index (χ4v) is 4.52. The zero-order valence-electron chi connectivity index (χ0n) is 9.37. The van der Waals surface area contributed by atoms with Gasteiger partial charge in [-0.1, -0.05) is 0 Å². The summed E-state index contributed by atoms with van der Waals surface area (Å²) in [6, 6.07) is 12.7. The fraction of sp³-hybridized carbons (Fsp3) is 0.286. The van der Waals surface area contributed by atoms with E-state index in [4.69, 9.17) is 11.6 Å². The molecule has 0 atom stereocenters. The van der Waals surface area contributed by atoms with Crippen molar-refractivity contribution < 1.29 is 0 Å². The van der Waals surface area contributed by atoms with Crippen LogP contribution in [0.4, 0.5) is 0 Å². The average molecular weight is 298 g/mol. The number of hydrogen-bond acceptors (Lipinski definition) is 0. The summed E-state index contributed by atoms with van der Waals surface area (Å²) in [6.07, 6.45) is 3.66. The zero-order valence-corrected chi connectivity index (χ0v) is 11.8. The van der Waals surface area contributed by atoms with E-state index >= 15 is 0 Å². The predicted octanol–water partition coefficient (Wildman–Crippen LogP) is 4.41. The van der Waals surface area contributed by atoms with Gasteiger partial charge in [0, 0.05) is 0 Å². The molecular weight excluding hydrogens is 283 g/mol. The second kappa shape index (κ2) is 5.72. The van der Waals surface area contributed by atoms with Gasteiger partial charge in [-0.2, -0.15) is 0 Å². The molecule has 0 nitrogen and oxygen atoms in total. The van der Waals surface area contributed by atoms with Gasteiger partial charge in [-0.05, 0) is 0 Å². The van der Waals surface area contributed by atoms with Crippen LogP contribution in [-0.4, -0.2) is 14.5 Å². The Kier molecular flexibility index (Phi) is 4.29. The van der Waals surface area contributed by atoms with Gasteiger partial charge in [0.15, 0.2) is 0 Å². The third kappa shape index (κ3) is 2.79. The molecule has 2 rings (SSSR count). The zero-order chi connectivity index (χ0) is 11.4. The Balaban J connectivity index is 2.24. The monoisotopic (exact) mass is 298 g/mol. The van der Waals surface area contributed by atoms with Crippen molar-refractivity contribution in [3.8, 4) is 10.0 Å². The van der Waals surface area contributed by atoms with E-state index in [-0.39, 0.29) is 0 Å². The van der Waals surface area contributed by atoms with Crippen molar-refractivity contribution in [2.24, 2.45) is 0 Å². The number of aryl methyl sites for hydroxylation is 1. The van der Waals surface area contributed by atoms with Gasteiger partial charge in [0.05, 0.1) is 0 Å². The molecule has 0 fully saturated rings. The van der Waals surface area contributed by atoms with Crippen molar-refractivity contribution in [2.75, 3.05) is 0 Å². The van der Waals surface area contributed by atoms with Crippen LogP contribution in [0.1, 0.15) is 24.2 Å². The molecule has 0 saturated heterocycles. The van der Waals surface area contributed by atoms with Gasteiger partial charge in [-0.3, -0.25) is 0 Å². The van der Waals surface area contributed by atoms with Crippen LogP contribution >= 0.6 is 11.6 Å². The Bertz CT molecular complexity index is 445. The van der Waals surface area contributed by atoms with Crippen LogP contribution < -0.4 is 0 Å². The van der Waals surface area contributed by atoms with Crippen molar-refractivity contribution >= 4 is 26.1 Å². The van der Waals surface area contributed by atoms with E-state index in [1.807, 2.05) is 0 Å². The summed E-state index contributed by atoms with van der Waals surface area (Å²) in [5.74, 6) is 0. The van der Waals surface area contributed by atoms with Gasteiger partial charge in [0.2, 0.25) is 0 Å². The molecule has 0 spiro atoms. The first-order chi connectivity index (χ1) is 7.81. The number of unbranched alkanes of at least 4 members (excludes halogenated alkanes) is 1. The Morgan fingerprint density at radius 2 is 1.94 bits per heavy atom. The van der Waals surface area contributed by atoms with Crippen LogP contribution in [-0.2, 0) is 6.42 Å². The second-order valence-corrected chi connectivity index (χ2v) is 6.64. The quantitative estimate of drug-likeness (QED) is 0.734. The maximum absolute atomic E-state index is 6.28. The Morgan fingerprint density at radius 3 is 2.62 bits per heavy atom. The first-order valence-electron chi connectivity index (χ1n) is 5.65. The van der Waals surface area contributed by atoms with Crippen LogP contribution in [0.3, 0.4) is 0 Å². The van der Waals surface area contributed by atoms with Crippen LogP contribution in [0.2, 0.25) is 5.02 Å². The van der Waals surface area contributed by atoms with Crippen molar-refractivity contribution in [3.05, 3.63) is 45.9 Å². The predicted molar refractivity (Wildman–Crippen MR) is 72.4 cm³/mol. The van der Waals surface area contributed by atoms with Crippen LogP contribution in [0.5, 0.6) is 0 Å². The molecule has 84 valence electrons. The van der Waals surface area contributed by atoms with E-state index in [1.54, 1.807) is 0 Å². The maximum atomic E-state index is 6.28. The molecule has 1 aromatic heterocycles. The van der Waals surface area contributed by atoms with E-state index in [0.29, 0.717) is 14.5 Å². The van der Waals surface area contributed by atoms with Gasteiger partial charge >= 0.3 is 108 Å². The first-order valence-corrected chi connectivity index (χ1v) is 7.74. The van der Waals surface area contributed by atoms with Gasteiger partial charge in [0.1, 0.15) is 0 Å². The molecular formula is C14H15ClSe. The Labute approximate surface area is 108 Å². The number of rotatable bonds is 4. The van der Waals surface area contributed by atoms with E-state index in [0.717, 1.165) is 5.02 Å². The van der Waals surface area contributed by atoms with E-state index in [9.17, 15) is 0 Å². The summed E-state index contributed by atoms with van der Waals surface area (Å²) in [6.45, 7) is 2.22. The topological polar surface area (TPSA) is 0 Å². The summed E-state index contributed by atoms with van der Waals surface area (Å²) < 4.78 is 2.89. The van der Waals surface area contributed by atoms with Gasteiger partial charge in [-0.15, -0.1) is 0 Å². The van der Waals surface area contributed by atoms with Gasteiger partial charge in [-0.25, -0.2) is 0 Å². The number of hydrogen-bond donors (Lipinski definition) is 0. The molecule has 0 unspecified atom stereocenters. The molecule has 2 heteroatoms. The van der Waals surface area contributed by atoms with E-state index < -0.39 is 0 Å². The van der Waals surface area contributed by atoms with Crippen molar-refractivity contribution in [1.29, 1.82) is 0 Å². The summed E-state index contributed by atoms with van der Waals surface area (Å²) >= 11 is 6.72. The molecule has 0 saturated carbocycles. The SMILES string of the molecule is CCCCc1[se]c(-c2ccccc2)cc1Cl. The minimum atomic E-state index is 0.438. The van der Waals surface area contributed by atoms with Crippen molar-refractivity contribution in [2.45, 2.75) is 26.2 Å². The van der Waals surface area contributed by atoms with Gasteiger partial charge < -0.3 is 0 Å². The summed E-state index contributed by atoms with van der Waals surface area (Å²) in [5, 5.41) is 0.993. The molecule has 0 bridgehead atoms. The molecule has 2 aromatic rings. The fourth-order valence-electron chi connectivity index (χ4n) is 1.66. The molecule has 1 aromatic carbocycles. The average Bonchev–Trinajstić information content (AvgIpc) is 2.69. The summed E-state index contributed by atoms with van der Waals surface area (Å²) in [4.78, 5) is 0. The van der Waals surface area contributed by atoms with Crippen molar-refractivity contribution in [3.63, 3.8) is 0 Å². The van der Waals surface area contributed by atoms with E-state index in [2.05, 4.69) is 43.3 Å². The molecule has 0 amide bonds. The van der Waals surface area contributed by atoms with Crippen LogP contribution in [0, 0.1) is 0 Å². The standard InChI is InChI=1S/C14H15ClSe/c1-2-3-9-13-12(15)10-14(16-13)11-7-5-4-6-8-11/h4-8,10H,2-3,9H2,1H3. The third-order valence-electron chi connectivity index (χ3n) is 2.57. The van der Waals surface area contributed by atoms with Gasteiger partial charge in [0.25, 0.3) is 0 Å². The second-order valence-electron chi connectivity index (χ2n) is 3.85. The minimum absolute atomic E-state index is 0.438. The molecule has 0 aliphatic carbocycles. The molecule has 0 aliphatic rings. The molecule has 1 heterocycles. The van der Waals surface area contributed by atoms with Crippen LogP contribution in [0.25, 0.3) is 10.0 Å². The summed E-state index contributed by atoms with van der Waals surface area (Å²) in [7, 11) is 0. The molecule has 0 radical (unpaired) electrons. The van der Waals surface area contributed by atoms with Crippen LogP contribution in [0.15, 0.2) is 36.4 Å². The first kappa shape index (κ1) is 12.0. The molecule has 16 heavy (non-hydrogen) atoms. The Morgan fingerprint density at radius 1 is 1.19 bits per heavy atom.